The van der Waals surface area contributed by atoms with Gasteiger partial charge in [-0.25, -0.2) is 4.39 Å². The van der Waals surface area contributed by atoms with Gasteiger partial charge < -0.3 is 15.6 Å². The van der Waals surface area contributed by atoms with E-state index in [1.807, 2.05) is 0 Å². The summed E-state index contributed by atoms with van der Waals surface area (Å²) in [5, 5.41) is 8.63. The second-order valence-electron chi connectivity index (χ2n) is 3.01. The number of hydrogen-bond donors (Lipinski definition) is 2. The first-order chi connectivity index (χ1) is 6.74. The van der Waals surface area contributed by atoms with Crippen LogP contribution in [0.5, 0.6) is 5.75 Å². The highest BCUT2D eigenvalue weighted by molar-refractivity contribution is 5.23. The van der Waals surface area contributed by atoms with Crippen molar-refractivity contribution in [1.82, 2.24) is 0 Å². The number of para-hydroxylation sites is 1. The van der Waals surface area contributed by atoms with Gasteiger partial charge in [-0.2, -0.15) is 0 Å². The third-order valence-corrected chi connectivity index (χ3v) is 1.82. The summed E-state index contributed by atoms with van der Waals surface area (Å²) >= 11 is 0. The summed E-state index contributed by atoms with van der Waals surface area (Å²) in [5.41, 5.74) is 5.45. The molecule has 1 aromatic rings. The summed E-state index contributed by atoms with van der Waals surface area (Å²) in [7, 11) is 0. The molecule has 0 fully saturated rings. The van der Waals surface area contributed by atoms with Gasteiger partial charge in [-0.1, -0.05) is 12.1 Å². The van der Waals surface area contributed by atoms with E-state index in [9.17, 15) is 4.39 Å². The zero-order valence-corrected chi connectivity index (χ0v) is 7.82. The predicted octanol–water partition coefficient (Wildman–Crippen LogP) is 0.914. The average molecular weight is 199 g/mol. The Labute approximate surface area is 82.3 Å². The lowest BCUT2D eigenvalue weighted by Gasteiger charge is -2.09. The summed E-state index contributed by atoms with van der Waals surface area (Å²) < 4.78 is 18.1. The molecule has 14 heavy (non-hydrogen) atoms. The second kappa shape index (κ2) is 5.57. The number of aliphatic hydroxyl groups is 1. The van der Waals surface area contributed by atoms with E-state index in [1.165, 1.54) is 6.07 Å². The first kappa shape index (κ1) is 10.9. The maximum absolute atomic E-state index is 13.0. The Hall–Kier alpha value is -1.13. The topological polar surface area (TPSA) is 55.5 Å². The van der Waals surface area contributed by atoms with Crippen LogP contribution in [0.2, 0.25) is 0 Å². The van der Waals surface area contributed by atoms with Crippen molar-refractivity contribution in [1.29, 1.82) is 0 Å². The van der Waals surface area contributed by atoms with Crippen molar-refractivity contribution in [3.8, 4) is 5.75 Å². The SMILES string of the molecule is N[C@H](CO)CCOc1ccccc1F. The molecule has 3 N–H and O–H groups in total. The van der Waals surface area contributed by atoms with E-state index in [0.717, 1.165) is 0 Å². The van der Waals surface area contributed by atoms with Crippen LogP contribution in [-0.2, 0) is 0 Å². The van der Waals surface area contributed by atoms with E-state index >= 15 is 0 Å². The Kier molecular flexibility index (Phi) is 4.35. The van der Waals surface area contributed by atoms with Crippen LogP contribution in [0.3, 0.4) is 0 Å². The van der Waals surface area contributed by atoms with Gasteiger partial charge in [-0.15, -0.1) is 0 Å². The third kappa shape index (κ3) is 3.32. The van der Waals surface area contributed by atoms with E-state index in [-0.39, 0.29) is 24.2 Å². The van der Waals surface area contributed by atoms with Crippen LogP contribution < -0.4 is 10.5 Å². The summed E-state index contributed by atoms with van der Waals surface area (Å²) in [6.45, 7) is 0.225. The lowest BCUT2D eigenvalue weighted by Crippen LogP contribution is -2.26. The smallest absolute Gasteiger partial charge is 0.165 e. The maximum atomic E-state index is 13.0. The number of halogens is 1. The molecule has 4 heteroatoms. The molecule has 0 aliphatic rings. The predicted molar refractivity (Wildman–Crippen MR) is 51.6 cm³/mol. The molecule has 0 aromatic heterocycles. The molecule has 1 rings (SSSR count). The third-order valence-electron chi connectivity index (χ3n) is 1.82. The molecule has 3 nitrogen and oxygen atoms in total. The van der Waals surface area contributed by atoms with Crippen molar-refractivity contribution in [3.63, 3.8) is 0 Å². The highest BCUT2D eigenvalue weighted by Crippen LogP contribution is 2.15. The fourth-order valence-corrected chi connectivity index (χ4v) is 0.973. The number of aliphatic hydroxyl groups excluding tert-OH is 1. The number of benzene rings is 1. The monoisotopic (exact) mass is 199 g/mol. The molecular weight excluding hydrogens is 185 g/mol. The Bertz CT molecular complexity index is 281. The van der Waals surface area contributed by atoms with E-state index < -0.39 is 0 Å². The Morgan fingerprint density at radius 3 is 2.79 bits per heavy atom. The molecule has 0 saturated heterocycles. The van der Waals surface area contributed by atoms with Crippen LogP contribution in [0, 0.1) is 5.82 Å². The molecule has 0 aliphatic heterocycles. The van der Waals surface area contributed by atoms with Gasteiger partial charge in [0, 0.05) is 6.04 Å². The van der Waals surface area contributed by atoms with Crippen LogP contribution in [0.1, 0.15) is 6.42 Å². The highest BCUT2D eigenvalue weighted by Gasteiger charge is 2.03. The molecule has 0 amide bonds. The molecule has 0 spiro atoms. The Morgan fingerprint density at radius 2 is 2.14 bits per heavy atom. The molecule has 0 saturated carbocycles. The maximum Gasteiger partial charge on any atom is 0.165 e. The highest BCUT2D eigenvalue weighted by atomic mass is 19.1. The van der Waals surface area contributed by atoms with Crippen molar-refractivity contribution in [2.75, 3.05) is 13.2 Å². The summed E-state index contributed by atoms with van der Waals surface area (Å²) in [6, 6.07) is 5.88. The number of ether oxygens (including phenoxy) is 1. The molecule has 0 unspecified atom stereocenters. The summed E-state index contributed by atoms with van der Waals surface area (Å²) in [4.78, 5) is 0. The van der Waals surface area contributed by atoms with Crippen LogP contribution in [0.4, 0.5) is 4.39 Å². The largest absolute Gasteiger partial charge is 0.490 e. The van der Waals surface area contributed by atoms with Crippen LogP contribution in [-0.4, -0.2) is 24.4 Å². The van der Waals surface area contributed by atoms with E-state index in [1.54, 1.807) is 18.2 Å². The molecule has 78 valence electrons. The summed E-state index contributed by atoms with van der Waals surface area (Å²) in [5.74, 6) is -0.164. The van der Waals surface area contributed by atoms with Crippen LogP contribution in [0.25, 0.3) is 0 Å². The molecule has 1 atom stereocenters. The number of nitrogens with two attached hydrogens (primary N) is 1. The van der Waals surface area contributed by atoms with Crippen molar-refractivity contribution >= 4 is 0 Å². The van der Waals surface area contributed by atoms with Gasteiger partial charge >= 0.3 is 0 Å². The normalized spacial score (nSPS) is 12.5. The van der Waals surface area contributed by atoms with Crippen LogP contribution >= 0.6 is 0 Å². The van der Waals surface area contributed by atoms with E-state index in [2.05, 4.69) is 0 Å². The van der Waals surface area contributed by atoms with Gasteiger partial charge in [0.05, 0.1) is 13.2 Å². The van der Waals surface area contributed by atoms with E-state index in [0.29, 0.717) is 13.0 Å². The van der Waals surface area contributed by atoms with Crippen molar-refractivity contribution in [3.05, 3.63) is 30.1 Å². The van der Waals surface area contributed by atoms with Crippen molar-refractivity contribution in [2.24, 2.45) is 5.73 Å². The van der Waals surface area contributed by atoms with Gasteiger partial charge in [-0.05, 0) is 18.6 Å². The molecular formula is C10H14FNO2. The molecule has 0 bridgehead atoms. The van der Waals surface area contributed by atoms with Gasteiger partial charge in [0.1, 0.15) is 0 Å². The zero-order chi connectivity index (χ0) is 10.4. The fourth-order valence-electron chi connectivity index (χ4n) is 0.973. The van der Waals surface area contributed by atoms with Gasteiger partial charge in [-0.3, -0.25) is 0 Å². The first-order valence-corrected chi connectivity index (χ1v) is 4.48. The Balaban J connectivity index is 2.35. The number of rotatable bonds is 5. The van der Waals surface area contributed by atoms with Crippen LogP contribution in [0.15, 0.2) is 24.3 Å². The van der Waals surface area contributed by atoms with E-state index in [4.69, 9.17) is 15.6 Å². The molecule has 0 heterocycles. The fraction of sp³-hybridized carbons (Fsp3) is 0.400. The lowest BCUT2D eigenvalue weighted by atomic mass is 10.2. The minimum atomic E-state index is -0.384. The lowest BCUT2D eigenvalue weighted by molar-refractivity contribution is 0.227. The van der Waals surface area contributed by atoms with Crippen molar-refractivity contribution in [2.45, 2.75) is 12.5 Å². The van der Waals surface area contributed by atoms with Gasteiger partial charge in [0.15, 0.2) is 11.6 Å². The van der Waals surface area contributed by atoms with Gasteiger partial charge in [0.25, 0.3) is 0 Å². The molecule has 0 radical (unpaired) electrons. The minimum absolute atomic E-state index is 0.0827. The number of hydrogen-bond acceptors (Lipinski definition) is 3. The summed E-state index contributed by atoms with van der Waals surface area (Å²) in [6.07, 6.45) is 0.505. The zero-order valence-electron chi connectivity index (χ0n) is 7.82. The van der Waals surface area contributed by atoms with Crippen molar-refractivity contribution < 1.29 is 14.2 Å². The average Bonchev–Trinajstić information content (AvgIpc) is 2.20. The molecule has 1 aromatic carbocycles. The standard InChI is InChI=1S/C10H14FNO2/c11-9-3-1-2-4-10(9)14-6-5-8(12)7-13/h1-4,8,13H,5-7,12H2/t8-/m0/s1. The van der Waals surface area contributed by atoms with Gasteiger partial charge in [0.2, 0.25) is 0 Å². The second-order valence-corrected chi connectivity index (χ2v) is 3.01. The quantitative estimate of drug-likeness (QED) is 0.741. The first-order valence-electron chi connectivity index (χ1n) is 4.48. The minimum Gasteiger partial charge on any atom is -0.490 e. The Morgan fingerprint density at radius 1 is 1.43 bits per heavy atom. The molecule has 0 aliphatic carbocycles.